The zero-order chi connectivity index (χ0) is 29.1. The molecule has 2 amide bonds. The van der Waals surface area contributed by atoms with Gasteiger partial charge in [-0.25, -0.2) is 17.6 Å². The third-order valence-corrected chi connectivity index (χ3v) is 9.37. The first kappa shape index (κ1) is 31.8. The van der Waals surface area contributed by atoms with Crippen LogP contribution in [0.4, 0.5) is 14.9 Å². The van der Waals surface area contributed by atoms with E-state index in [1.54, 1.807) is 24.3 Å². The summed E-state index contributed by atoms with van der Waals surface area (Å²) in [4.78, 5) is 15.2. The van der Waals surface area contributed by atoms with Gasteiger partial charge >= 0.3 is 6.03 Å². The molecule has 4 N–H and O–H groups in total. The van der Waals surface area contributed by atoms with Gasteiger partial charge in [0.05, 0.1) is 11.5 Å². The topological polar surface area (TPSA) is 116 Å². The average molecular weight is 577 g/mol. The van der Waals surface area contributed by atoms with Crippen LogP contribution in [0.5, 0.6) is 0 Å². The minimum Gasteiger partial charge on any atom is -0.399 e. The van der Waals surface area contributed by atoms with E-state index in [1.165, 1.54) is 35.0 Å². The quantitative estimate of drug-likeness (QED) is 0.213. The molecule has 0 aliphatic heterocycles. The van der Waals surface area contributed by atoms with Crippen LogP contribution in [-0.4, -0.2) is 60.5 Å². The van der Waals surface area contributed by atoms with E-state index in [0.29, 0.717) is 38.0 Å². The molecule has 0 heterocycles. The number of carbonyl (C=O) groups is 1. The number of amides is 2. The lowest BCUT2D eigenvalue weighted by Gasteiger charge is -2.34. The Morgan fingerprint density at radius 1 is 1.05 bits per heavy atom. The largest absolute Gasteiger partial charge is 0.399 e. The highest BCUT2D eigenvalue weighted by atomic mass is 32.2. The fraction of sp³-hybridized carbons (Fsp3) is 0.567. The number of nitrogens with two attached hydrogens (primary N) is 1. The number of anilines is 1. The molecule has 3 rings (SSSR count). The number of aliphatic hydroxyl groups is 1. The van der Waals surface area contributed by atoms with Gasteiger partial charge in [0.1, 0.15) is 5.82 Å². The van der Waals surface area contributed by atoms with Gasteiger partial charge < -0.3 is 21.1 Å². The zero-order valence-corrected chi connectivity index (χ0v) is 24.6. The number of rotatable bonds is 14. The summed E-state index contributed by atoms with van der Waals surface area (Å²) in [5.41, 5.74) is 7.11. The SMILES string of the molecule is CC(C)CN([C@H](CO)CCCCNC(=O)N(Cc1ccc(F)cc1)C1CCCCC1)S(=O)(=O)c1ccc(N)cc1. The predicted molar refractivity (Wildman–Crippen MR) is 157 cm³/mol. The van der Waals surface area contributed by atoms with Crippen molar-refractivity contribution in [2.45, 2.75) is 88.7 Å². The summed E-state index contributed by atoms with van der Waals surface area (Å²) in [7, 11) is -3.82. The van der Waals surface area contributed by atoms with E-state index in [9.17, 15) is 22.7 Å². The van der Waals surface area contributed by atoms with E-state index in [4.69, 9.17) is 5.73 Å². The highest BCUT2D eigenvalue weighted by Gasteiger charge is 2.31. The molecule has 0 saturated heterocycles. The van der Waals surface area contributed by atoms with Crippen LogP contribution >= 0.6 is 0 Å². The molecule has 0 aromatic heterocycles. The van der Waals surface area contributed by atoms with E-state index >= 15 is 0 Å². The van der Waals surface area contributed by atoms with Gasteiger partial charge in [0.2, 0.25) is 10.0 Å². The van der Waals surface area contributed by atoms with Crippen molar-refractivity contribution in [3.05, 3.63) is 59.9 Å². The highest BCUT2D eigenvalue weighted by Crippen LogP contribution is 2.25. The van der Waals surface area contributed by atoms with Crippen molar-refractivity contribution in [2.75, 3.05) is 25.4 Å². The lowest BCUT2D eigenvalue weighted by atomic mass is 9.94. The minimum absolute atomic E-state index is 0.0729. The first-order valence-corrected chi connectivity index (χ1v) is 15.8. The molecule has 0 bridgehead atoms. The van der Waals surface area contributed by atoms with Gasteiger partial charge in [-0.15, -0.1) is 0 Å². The molecule has 40 heavy (non-hydrogen) atoms. The molecule has 1 aliphatic rings. The second kappa shape index (κ2) is 15.3. The maximum atomic E-state index is 13.4. The third kappa shape index (κ3) is 9.17. The zero-order valence-electron chi connectivity index (χ0n) is 23.8. The smallest absolute Gasteiger partial charge is 0.317 e. The van der Waals surface area contributed by atoms with E-state index in [0.717, 1.165) is 31.2 Å². The van der Waals surface area contributed by atoms with Crippen LogP contribution in [0.15, 0.2) is 53.4 Å². The Bertz CT molecular complexity index is 1150. The van der Waals surface area contributed by atoms with Crippen LogP contribution in [0.25, 0.3) is 0 Å². The molecular weight excluding hydrogens is 531 g/mol. The summed E-state index contributed by atoms with van der Waals surface area (Å²) in [6.07, 6.45) is 7.03. The maximum Gasteiger partial charge on any atom is 0.317 e. The van der Waals surface area contributed by atoms with Crippen molar-refractivity contribution in [3.8, 4) is 0 Å². The van der Waals surface area contributed by atoms with E-state index < -0.39 is 16.1 Å². The molecule has 1 saturated carbocycles. The second-order valence-corrected chi connectivity index (χ2v) is 13.0. The van der Waals surface area contributed by atoms with Gasteiger partial charge in [-0.2, -0.15) is 4.31 Å². The number of nitrogens with one attached hydrogen (secondary N) is 1. The van der Waals surface area contributed by atoms with Gasteiger partial charge in [-0.05, 0) is 73.6 Å². The summed E-state index contributed by atoms with van der Waals surface area (Å²) in [6.45, 7) is 4.75. The molecule has 0 radical (unpaired) electrons. The van der Waals surface area contributed by atoms with Crippen LogP contribution in [0.1, 0.15) is 70.8 Å². The number of nitrogens with zero attached hydrogens (tertiary/aromatic N) is 2. The Hall–Kier alpha value is -2.69. The molecule has 1 aliphatic carbocycles. The summed E-state index contributed by atoms with van der Waals surface area (Å²) < 4.78 is 41.7. The predicted octanol–water partition coefficient (Wildman–Crippen LogP) is 5.13. The molecule has 1 fully saturated rings. The van der Waals surface area contributed by atoms with Crippen molar-refractivity contribution in [2.24, 2.45) is 5.92 Å². The first-order chi connectivity index (χ1) is 19.1. The lowest BCUT2D eigenvalue weighted by molar-refractivity contribution is 0.150. The fourth-order valence-electron chi connectivity index (χ4n) is 5.25. The fourth-order valence-corrected chi connectivity index (χ4v) is 7.06. The molecule has 0 spiro atoms. The van der Waals surface area contributed by atoms with E-state index in [2.05, 4.69) is 5.32 Å². The molecule has 222 valence electrons. The van der Waals surface area contributed by atoms with Crippen LogP contribution in [0.3, 0.4) is 0 Å². The Labute approximate surface area is 238 Å². The number of hydrogen-bond acceptors (Lipinski definition) is 5. The molecule has 8 nitrogen and oxygen atoms in total. The Morgan fingerprint density at radius 3 is 2.30 bits per heavy atom. The Kier molecular flexibility index (Phi) is 12.2. The monoisotopic (exact) mass is 576 g/mol. The molecule has 2 aromatic rings. The van der Waals surface area contributed by atoms with Gasteiger partial charge in [-0.3, -0.25) is 0 Å². The molecular formula is C30H45FN4O4S. The van der Waals surface area contributed by atoms with Gasteiger partial charge in [0, 0.05) is 37.4 Å². The highest BCUT2D eigenvalue weighted by molar-refractivity contribution is 7.89. The van der Waals surface area contributed by atoms with Crippen LogP contribution in [-0.2, 0) is 16.6 Å². The summed E-state index contributed by atoms with van der Waals surface area (Å²) in [5.74, 6) is -0.226. The molecule has 2 aromatic carbocycles. The van der Waals surface area contributed by atoms with Crippen molar-refractivity contribution in [3.63, 3.8) is 0 Å². The standard InChI is InChI=1S/C30H45FN4O4S/c1-23(2)20-35(40(38,39)29-17-15-26(32)16-18-29)28(22-36)10-6-7-19-33-30(37)34(27-8-4-3-5-9-27)21-24-11-13-25(31)14-12-24/h11-18,23,27-28,36H,3-10,19-22,32H2,1-2H3,(H,33,37)/t28-/m0/s1. The number of unbranched alkanes of at least 4 members (excludes halogenated alkanes) is 1. The summed E-state index contributed by atoms with van der Waals surface area (Å²) in [5, 5.41) is 13.2. The van der Waals surface area contributed by atoms with Gasteiger partial charge in [-0.1, -0.05) is 51.7 Å². The average Bonchev–Trinajstić information content (AvgIpc) is 2.94. The van der Waals surface area contributed by atoms with E-state index in [1.807, 2.05) is 18.7 Å². The Morgan fingerprint density at radius 2 is 1.70 bits per heavy atom. The van der Waals surface area contributed by atoms with Crippen molar-refractivity contribution in [1.82, 2.24) is 14.5 Å². The lowest BCUT2D eigenvalue weighted by Crippen LogP contribution is -2.46. The number of urea groups is 1. The summed E-state index contributed by atoms with van der Waals surface area (Å²) in [6, 6.07) is 11.8. The summed E-state index contributed by atoms with van der Waals surface area (Å²) >= 11 is 0. The molecule has 1 atom stereocenters. The van der Waals surface area contributed by atoms with Crippen molar-refractivity contribution < 1.29 is 22.7 Å². The van der Waals surface area contributed by atoms with Gasteiger partial charge in [0.15, 0.2) is 0 Å². The number of carbonyl (C=O) groups excluding carboxylic acids is 1. The van der Waals surface area contributed by atoms with Crippen LogP contribution < -0.4 is 11.1 Å². The Balaban J connectivity index is 1.58. The van der Waals surface area contributed by atoms with Crippen LogP contribution in [0, 0.1) is 11.7 Å². The molecule has 0 unspecified atom stereocenters. The first-order valence-electron chi connectivity index (χ1n) is 14.4. The van der Waals surface area contributed by atoms with Crippen LogP contribution in [0.2, 0.25) is 0 Å². The number of aliphatic hydroxyl groups excluding tert-OH is 1. The third-order valence-electron chi connectivity index (χ3n) is 7.43. The maximum absolute atomic E-state index is 13.4. The normalized spacial score (nSPS) is 15.3. The van der Waals surface area contributed by atoms with Crippen molar-refractivity contribution in [1.29, 1.82) is 0 Å². The number of sulfonamides is 1. The van der Waals surface area contributed by atoms with E-state index in [-0.39, 0.29) is 41.9 Å². The number of nitrogen functional groups attached to an aromatic ring is 1. The van der Waals surface area contributed by atoms with Gasteiger partial charge in [0.25, 0.3) is 0 Å². The minimum atomic E-state index is -3.82. The van der Waals surface area contributed by atoms with Crippen molar-refractivity contribution >= 4 is 21.7 Å². The second-order valence-electron chi connectivity index (χ2n) is 11.1. The number of benzene rings is 2. The molecule has 10 heteroatoms. The number of halogens is 1. The number of hydrogen-bond donors (Lipinski definition) is 3.